The van der Waals surface area contributed by atoms with Gasteiger partial charge < -0.3 is 9.47 Å². The van der Waals surface area contributed by atoms with Crippen molar-refractivity contribution >= 4 is 38.9 Å². The maximum absolute atomic E-state index is 9.51. The van der Waals surface area contributed by atoms with Crippen LogP contribution in [0.15, 0.2) is 206 Å². The Morgan fingerprint density at radius 1 is 0.340 bits per heavy atom. The highest BCUT2D eigenvalue weighted by Gasteiger charge is 2.15. The van der Waals surface area contributed by atoms with E-state index in [0.717, 1.165) is 38.6 Å². The van der Waals surface area contributed by atoms with Crippen molar-refractivity contribution in [3.8, 4) is 39.1 Å². The van der Waals surface area contributed by atoms with E-state index in [1.54, 1.807) is 42.5 Å². The van der Waals surface area contributed by atoms with Crippen LogP contribution < -0.4 is 4.90 Å². The number of fused-ring (bicyclic) bond motifs is 3. The molecule has 0 bridgehead atoms. The average Bonchev–Trinajstić information content (AvgIpc) is 3.60. The molecule has 0 atom stereocenters. The molecule has 0 saturated carbocycles. The number of hydrogen-bond acceptors (Lipinski definition) is 1. The minimum atomic E-state index is -0.394. The lowest BCUT2D eigenvalue weighted by molar-refractivity contribution is 1.18. The maximum atomic E-state index is 9.51. The lowest BCUT2D eigenvalue weighted by Crippen LogP contribution is -2.09. The van der Waals surface area contributed by atoms with Gasteiger partial charge in [0, 0.05) is 33.5 Å². The fourth-order valence-electron chi connectivity index (χ4n) is 6.53. The summed E-state index contributed by atoms with van der Waals surface area (Å²) in [5, 5.41) is 2.17. The summed E-state index contributed by atoms with van der Waals surface area (Å²) in [6.07, 6.45) is 0. The van der Waals surface area contributed by atoms with Crippen LogP contribution in [0.5, 0.6) is 0 Å². The topological polar surface area (TPSA) is 8.17 Å². The molecule has 0 saturated heterocycles. The van der Waals surface area contributed by atoms with Gasteiger partial charge in [-0.25, -0.2) is 0 Å². The predicted molar refractivity (Wildman–Crippen MR) is 212 cm³/mol. The zero-order valence-corrected chi connectivity index (χ0v) is 26.9. The molecule has 2 heteroatoms. The highest BCUT2D eigenvalue weighted by atomic mass is 15.1. The first kappa shape index (κ1) is 22.1. The third kappa shape index (κ3) is 5.43. The molecule has 9 rings (SSSR count). The van der Waals surface area contributed by atoms with Crippen LogP contribution in [-0.2, 0) is 0 Å². The lowest BCUT2D eigenvalue weighted by atomic mass is 10.0. The van der Waals surface area contributed by atoms with Crippen molar-refractivity contribution in [1.82, 2.24) is 4.57 Å². The Bertz CT molecular complexity index is 2920. The Morgan fingerprint density at radius 2 is 0.780 bits per heavy atom. The first-order valence-corrected chi connectivity index (χ1v) is 16.5. The smallest absolute Gasteiger partial charge is 0.0645 e. The summed E-state index contributed by atoms with van der Waals surface area (Å²) in [6, 6.07) is 46.6. The summed E-state index contributed by atoms with van der Waals surface area (Å²) in [5.74, 6) is 0. The maximum Gasteiger partial charge on any atom is 0.0645 e. The Labute approximate surface area is 304 Å². The number of hydrogen-bond donors (Lipinski definition) is 0. The third-order valence-corrected chi connectivity index (χ3v) is 8.94. The Morgan fingerprint density at radius 3 is 1.34 bits per heavy atom. The average molecular weight is 647 g/mol. The van der Waals surface area contributed by atoms with Crippen molar-refractivity contribution in [2.45, 2.75) is 0 Å². The molecular weight excluding hydrogens is 605 g/mol. The standard InChI is InChI=1S/C48H34N2/c1-3-12-35(13-4-1)37-22-28-41(29-23-37)49(42-30-24-38(25-31-42)36-14-5-2-6-15-36)43-32-26-39(27-33-43)40-16-11-17-44(34-40)50-47-20-9-7-18-45(47)46-19-8-10-21-48(46)50/h1-34H/i22D,23D,26D,27D,28D,29D,32D,33D. The number of aromatic nitrogens is 1. The second-order valence-corrected chi connectivity index (χ2v) is 12.0. The molecule has 0 amide bonds. The summed E-state index contributed by atoms with van der Waals surface area (Å²) < 4.78 is 76.8. The number of para-hydroxylation sites is 2. The number of benzene rings is 8. The van der Waals surface area contributed by atoms with Crippen LogP contribution in [-0.4, -0.2) is 4.57 Å². The van der Waals surface area contributed by atoms with Gasteiger partial charge in [-0.1, -0.05) is 145 Å². The minimum Gasteiger partial charge on any atom is -0.311 e. The van der Waals surface area contributed by atoms with Gasteiger partial charge in [0.15, 0.2) is 0 Å². The van der Waals surface area contributed by atoms with E-state index in [9.17, 15) is 8.22 Å². The van der Waals surface area contributed by atoms with Crippen molar-refractivity contribution in [3.63, 3.8) is 0 Å². The van der Waals surface area contributed by atoms with E-state index < -0.39 is 12.1 Å². The molecule has 9 aromatic rings. The SMILES string of the molecule is [2H]c1c([2H])c(N(c2ccc(-c3ccccc3)cc2)c2c([2H])c([2H])c(-c3cccc(-n4c5ccccc5c5ccccc54)c3)c([2H])c2[2H])c([2H])c([2H])c1-c1ccccc1. The molecule has 0 aliphatic rings. The molecule has 0 spiro atoms. The summed E-state index contributed by atoms with van der Waals surface area (Å²) in [4.78, 5) is 1.34. The quantitative estimate of drug-likeness (QED) is 0.167. The molecule has 1 aromatic heterocycles. The fraction of sp³-hybridized carbons (Fsp3) is 0. The Balaban J connectivity index is 1.25. The molecular formula is C48H34N2. The highest BCUT2D eigenvalue weighted by molar-refractivity contribution is 6.09. The zero-order chi connectivity index (χ0) is 40.2. The largest absolute Gasteiger partial charge is 0.311 e. The summed E-state index contributed by atoms with van der Waals surface area (Å²) in [7, 11) is 0. The molecule has 0 fully saturated rings. The summed E-state index contributed by atoms with van der Waals surface area (Å²) in [6.45, 7) is 0. The molecule has 2 nitrogen and oxygen atoms in total. The van der Waals surface area contributed by atoms with E-state index in [-0.39, 0.29) is 58.8 Å². The minimum absolute atomic E-state index is 0.0970. The van der Waals surface area contributed by atoms with Gasteiger partial charge in [0.05, 0.1) is 22.0 Å². The van der Waals surface area contributed by atoms with E-state index in [2.05, 4.69) is 16.7 Å². The van der Waals surface area contributed by atoms with Gasteiger partial charge in [0.25, 0.3) is 0 Å². The number of nitrogens with zero attached hydrogens (tertiary/aromatic N) is 2. The molecule has 8 aromatic carbocycles. The molecule has 50 heavy (non-hydrogen) atoms. The van der Waals surface area contributed by atoms with Gasteiger partial charge in [-0.15, -0.1) is 0 Å². The van der Waals surface area contributed by atoms with E-state index in [1.807, 2.05) is 103 Å². The van der Waals surface area contributed by atoms with Crippen molar-refractivity contribution < 1.29 is 11.0 Å². The highest BCUT2D eigenvalue weighted by Crippen LogP contribution is 2.38. The van der Waals surface area contributed by atoms with Crippen molar-refractivity contribution in [2.24, 2.45) is 0 Å². The number of anilines is 3. The zero-order valence-electron chi connectivity index (χ0n) is 34.9. The van der Waals surface area contributed by atoms with Gasteiger partial charge in [-0.2, -0.15) is 0 Å². The molecule has 0 aliphatic carbocycles. The first-order chi connectivity index (χ1) is 28.2. The lowest BCUT2D eigenvalue weighted by Gasteiger charge is -2.26. The molecule has 1 heterocycles. The monoisotopic (exact) mass is 646 g/mol. The van der Waals surface area contributed by atoms with Gasteiger partial charge in [-0.3, -0.25) is 0 Å². The van der Waals surface area contributed by atoms with E-state index in [4.69, 9.17) is 2.74 Å². The van der Waals surface area contributed by atoms with E-state index in [1.165, 1.54) is 4.90 Å². The van der Waals surface area contributed by atoms with Crippen LogP contribution in [0.3, 0.4) is 0 Å². The Hall–Kier alpha value is -6.64. The molecule has 0 N–H and O–H groups in total. The molecule has 0 radical (unpaired) electrons. The van der Waals surface area contributed by atoms with Crippen LogP contribution in [0.2, 0.25) is 0 Å². The third-order valence-electron chi connectivity index (χ3n) is 8.94. The van der Waals surface area contributed by atoms with Crippen LogP contribution >= 0.6 is 0 Å². The van der Waals surface area contributed by atoms with Gasteiger partial charge in [0.1, 0.15) is 0 Å². The second-order valence-electron chi connectivity index (χ2n) is 12.0. The molecule has 0 aliphatic heterocycles. The van der Waals surface area contributed by atoms with E-state index in [0.29, 0.717) is 16.8 Å². The van der Waals surface area contributed by atoms with Gasteiger partial charge in [0.2, 0.25) is 0 Å². The fourth-order valence-corrected chi connectivity index (χ4v) is 6.53. The van der Waals surface area contributed by atoms with Crippen molar-refractivity contribution in [1.29, 1.82) is 0 Å². The van der Waals surface area contributed by atoms with Crippen LogP contribution in [0.1, 0.15) is 11.0 Å². The van der Waals surface area contributed by atoms with Gasteiger partial charge >= 0.3 is 0 Å². The second kappa shape index (κ2) is 12.8. The normalized spacial score (nSPS) is 13.4. The van der Waals surface area contributed by atoms with Gasteiger partial charge in [-0.05, 0) is 93.9 Å². The van der Waals surface area contributed by atoms with E-state index >= 15 is 0 Å². The van der Waals surface area contributed by atoms with Crippen LogP contribution in [0.4, 0.5) is 17.1 Å². The van der Waals surface area contributed by atoms with Crippen molar-refractivity contribution in [2.75, 3.05) is 4.90 Å². The summed E-state index contributed by atoms with van der Waals surface area (Å²) in [5.41, 5.74) is 5.77. The van der Waals surface area contributed by atoms with Crippen LogP contribution in [0.25, 0.3) is 60.9 Å². The van der Waals surface area contributed by atoms with Crippen molar-refractivity contribution in [3.05, 3.63) is 206 Å². The first-order valence-electron chi connectivity index (χ1n) is 20.5. The molecule has 236 valence electrons. The number of rotatable bonds is 7. The Kier molecular flexibility index (Phi) is 5.63. The van der Waals surface area contributed by atoms with Crippen LogP contribution in [0, 0.1) is 0 Å². The summed E-state index contributed by atoms with van der Waals surface area (Å²) >= 11 is 0. The predicted octanol–water partition coefficient (Wildman–Crippen LogP) is 13.3. The molecule has 0 unspecified atom stereocenters.